The molecule has 3 N–H and O–H groups in total. The van der Waals surface area contributed by atoms with Gasteiger partial charge < -0.3 is 10.4 Å². The van der Waals surface area contributed by atoms with Crippen LogP contribution in [0.4, 0.5) is 15.6 Å². The van der Waals surface area contributed by atoms with E-state index >= 15 is 0 Å². The van der Waals surface area contributed by atoms with Gasteiger partial charge in [-0.25, -0.2) is 14.6 Å². The molecular weight excluding hydrogens is 334 g/mol. The van der Waals surface area contributed by atoms with Crippen LogP contribution in [-0.4, -0.2) is 22.1 Å². The number of nitrogens with one attached hydrogen (secondary N) is 2. The van der Waals surface area contributed by atoms with Crippen LogP contribution in [-0.2, 0) is 0 Å². The molecule has 0 saturated heterocycles. The first-order chi connectivity index (χ1) is 9.04. The predicted octanol–water partition coefficient (Wildman–Crippen LogP) is 3.25. The van der Waals surface area contributed by atoms with Gasteiger partial charge in [0, 0.05) is 5.69 Å². The number of hydrogen-bond donors (Lipinski definition) is 3. The van der Waals surface area contributed by atoms with Gasteiger partial charge in [0.2, 0.25) is 0 Å². The molecule has 6 nitrogen and oxygen atoms in total. The van der Waals surface area contributed by atoms with Crippen LogP contribution in [0.5, 0.6) is 0 Å². The van der Waals surface area contributed by atoms with Gasteiger partial charge in [0.05, 0.1) is 15.5 Å². The highest BCUT2D eigenvalue weighted by atomic mass is 79.9. The van der Waals surface area contributed by atoms with Crippen molar-refractivity contribution in [3.8, 4) is 0 Å². The Balaban J connectivity index is 1.97. The summed E-state index contributed by atoms with van der Waals surface area (Å²) in [7, 11) is 0. The molecule has 8 heteroatoms. The van der Waals surface area contributed by atoms with Gasteiger partial charge in [0.1, 0.15) is 0 Å². The number of nitrogens with zero attached hydrogens (tertiary/aromatic N) is 1. The molecule has 2 rings (SSSR count). The Labute approximate surface area is 120 Å². The smallest absolute Gasteiger partial charge is 0.335 e. The van der Waals surface area contributed by atoms with Crippen molar-refractivity contribution in [3.05, 3.63) is 39.8 Å². The molecule has 0 atom stereocenters. The van der Waals surface area contributed by atoms with Gasteiger partial charge >= 0.3 is 12.0 Å². The lowest BCUT2D eigenvalue weighted by atomic mass is 10.2. The normalized spacial score (nSPS) is 9.95. The molecule has 0 saturated carbocycles. The summed E-state index contributed by atoms with van der Waals surface area (Å²) in [5, 5.41) is 14.3. The first-order valence-corrected chi connectivity index (χ1v) is 6.68. The van der Waals surface area contributed by atoms with E-state index in [4.69, 9.17) is 5.11 Å². The fraction of sp³-hybridized carbons (Fsp3) is 0. The van der Waals surface area contributed by atoms with Crippen LogP contribution in [0.3, 0.4) is 0 Å². The minimum Gasteiger partial charge on any atom is -0.478 e. The summed E-state index contributed by atoms with van der Waals surface area (Å²) in [5.41, 5.74) is 0.660. The van der Waals surface area contributed by atoms with Crippen molar-refractivity contribution in [2.24, 2.45) is 0 Å². The zero-order valence-corrected chi connectivity index (χ0v) is 11.8. The van der Waals surface area contributed by atoms with Gasteiger partial charge in [-0.1, -0.05) is 11.3 Å². The van der Waals surface area contributed by atoms with Crippen molar-refractivity contribution < 1.29 is 14.7 Å². The summed E-state index contributed by atoms with van der Waals surface area (Å²) < 4.78 is 0.814. The lowest BCUT2D eigenvalue weighted by molar-refractivity contribution is 0.0697. The first kappa shape index (κ1) is 13.5. The predicted molar refractivity (Wildman–Crippen MR) is 75.9 cm³/mol. The summed E-state index contributed by atoms with van der Waals surface area (Å²) in [4.78, 5) is 26.2. The number of rotatable bonds is 3. The van der Waals surface area contributed by atoms with E-state index in [1.165, 1.54) is 35.6 Å². The number of carboxylic acids is 1. The Morgan fingerprint density at radius 3 is 2.42 bits per heavy atom. The van der Waals surface area contributed by atoms with Crippen LogP contribution >= 0.6 is 27.3 Å². The fourth-order valence-electron chi connectivity index (χ4n) is 1.27. The molecule has 0 unspecified atom stereocenters. The van der Waals surface area contributed by atoms with E-state index in [2.05, 4.69) is 31.5 Å². The average molecular weight is 342 g/mol. The number of hydrogen-bond acceptors (Lipinski definition) is 4. The van der Waals surface area contributed by atoms with Gasteiger partial charge in [-0.05, 0) is 40.2 Å². The monoisotopic (exact) mass is 341 g/mol. The number of aromatic carboxylic acids is 1. The van der Waals surface area contributed by atoms with Crippen molar-refractivity contribution in [2.75, 3.05) is 10.6 Å². The van der Waals surface area contributed by atoms with E-state index in [0.717, 1.165) is 3.79 Å². The third-order valence-electron chi connectivity index (χ3n) is 2.09. The first-order valence-electron chi connectivity index (χ1n) is 5.07. The molecule has 0 fully saturated rings. The summed E-state index contributed by atoms with van der Waals surface area (Å²) in [6, 6.07) is 5.42. The van der Waals surface area contributed by atoms with Crippen molar-refractivity contribution in [1.82, 2.24) is 4.98 Å². The molecule has 19 heavy (non-hydrogen) atoms. The highest BCUT2D eigenvalue weighted by molar-refractivity contribution is 9.11. The van der Waals surface area contributed by atoms with E-state index in [1.54, 1.807) is 6.20 Å². The van der Waals surface area contributed by atoms with Crippen molar-refractivity contribution in [3.63, 3.8) is 0 Å². The molecule has 1 heterocycles. The van der Waals surface area contributed by atoms with Crippen LogP contribution < -0.4 is 10.6 Å². The second-order valence-corrected chi connectivity index (χ2v) is 5.84. The maximum absolute atomic E-state index is 11.6. The lowest BCUT2D eigenvalue weighted by Gasteiger charge is -2.05. The SMILES string of the molecule is O=C(Nc1ccc(C(=O)O)cc1)Nc1ncc(Br)s1. The number of halogens is 1. The number of amides is 2. The molecule has 1 aromatic heterocycles. The zero-order chi connectivity index (χ0) is 13.8. The minimum absolute atomic E-state index is 0.162. The van der Waals surface area contributed by atoms with Crippen LogP contribution in [0.2, 0.25) is 0 Å². The zero-order valence-electron chi connectivity index (χ0n) is 9.38. The Kier molecular flexibility index (Phi) is 4.13. The van der Waals surface area contributed by atoms with E-state index in [0.29, 0.717) is 10.8 Å². The molecule has 0 aliphatic carbocycles. The molecule has 0 aliphatic rings. The molecule has 2 aromatic rings. The van der Waals surface area contributed by atoms with E-state index in [9.17, 15) is 9.59 Å². The van der Waals surface area contributed by atoms with E-state index in [1.807, 2.05) is 0 Å². The molecule has 2 amide bonds. The van der Waals surface area contributed by atoms with Crippen LogP contribution in [0.1, 0.15) is 10.4 Å². The Hall–Kier alpha value is -1.93. The number of carbonyl (C=O) groups excluding carboxylic acids is 1. The van der Waals surface area contributed by atoms with Crippen molar-refractivity contribution in [1.29, 1.82) is 0 Å². The summed E-state index contributed by atoms with van der Waals surface area (Å²) in [5.74, 6) is -1.01. The third-order valence-corrected chi connectivity index (χ3v) is 3.48. The van der Waals surface area contributed by atoms with Gasteiger partial charge in [-0.15, -0.1) is 0 Å². The maximum Gasteiger partial charge on any atom is 0.335 e. The largest absolute Gasteiger partial charge is 0.478 e. The molecule has 0 radical (unpaired) electrons. The Bertz CT molecular complexity index is 612. The summed E-state index contributed by atoms with van der Waals surface area (Å²) in [6.45, 7) is 0. The highest BCUT2D eigenvalue weighted by Crippen LogP contribution is 2.23. The summed E-state index contributed by atoms with van der Waals surface area (Å²) in [6.07, 6.45) is 1.59. The molecule has 1 aromatic carbocycles. The standard InChI is InChI=1S/C11H8BrN3O3S/c12-8-5-13-11(19-8)15-10(18)14-7-3-1-6(2-4-7)9(16)17/h1-5H,(H,16,17)(H2,13,14,15,18). The third kappa shape index (κ3) is 3.76. The second kappa shape index (κ2) is 5.81. The molecule has 0 spiro atoms. The quantitative estimate of drug-likeness (QED) is 0.799. The number of thiazole rings is 1. The maximum atomic E-state index is 11.6. The minimum atomic E-state index is -1.01. The van der Waals surface area contributed by atoms with Crippen LogP contribution in [0, 0.1) is 0 Å². The molecule has 98 valence electrons. The molecule has 0 bridgehead atoms. The molecule has 0 aliphatic heterocycles. The van der Waals surface area contributed by atoms with E-state index < -0.39 is 12.0 Å². The van der Waals surface area contributed by atoms with Crippen molar-refractivity contribution in [2.45, 2.75) is 0 Å². The second-order valence-electron chi connectivity index (χ2n) is 3.43. The number of carboxylic acid groups (broad SMARTS) is 1. The number of carbonyl (C=O) groups is 2. The average Bonchev–Trinajstić information content (AvgIpc) is 2.75. The topological polar surface area (TPSA) is 91.3 Å². The van der Waals surface area contributed by atoms with E-state index in [-0.39, 0.29) is 5.56 Å². The van der Waals surface area contributed by atoms with Crippen LogP contribution in [0.25, 0.3) is 0 Å². The van der Waals surface area contributed by atoms with Crippen molar-refractivity contribution >= 4 is 50.1 Å². The summed E-state index contributed by atoms with van der Waals surface area (Å²) >= 11 is 4.53. The van der Waals surface area contributed by atoms with Gasteiger partial charge in [-0.3, -0.25) is 5.32 Å². The van der Waals surface area contributed by atoms with Gasteiger partial charge in [-0.2, -0.15) is 0 Å². The number of anilines is 2. The lowest BCUT2D eigenvalue weighted by Crippen LogP contribution is -2.19. The Morgan fingerprint density at radius 1 is 1.21 bits per heavy atom. The highest BCUT2D eigenvalue weighted by Gasteiger charge is 2.07. The van der Waals surface area contributed by atoms with Crippen LogP contribution in [0.15, 0.2) is 34.2 Å². The number of benzene rings is 1. The van der Waals surface area contributed by atoms with Gasteiger partial charge in [0.15, 0.2) is 5.13 Å². The fourth-order valence-corrected chi connectivity index (χ4v) is 2.37. The van der Waals surface area contributed by atoms with Gasteiger partial charge in [0.25, 0.3) is 0 Å². The Morgan fingerprint density at radius 2 is 1.89 bits per heavy atom. The number of urea groups is 1. The number of aromatic nitrogens is 1. The molecular formula is C11H8BrN3O3S.